The van der Waals surface area contributed by atoms with Crippen LogP contribution in [0.2, 0.25) is 0 Å². The Hall–Kier alpha value is -1.36. The van der Waals surface area contributed by atoms with Gasteiger partial charge in [-0.3, -0.25) is 4.68 Å². The highest BCUT2D eigenvalue weighted by Crippen LogP contribution is 2.20. The van der Waals surface area contributed by atoms with Crippen LogP contribution in [0.4, 0.5) is 5.69 Å². The molecule has 0 aliphatic heterocycles. The zero-order chi connectivity index (χ0) is 11.5. The third kappa shape index (κ3) is 2.09. The molecule has 5 heteroatoms. The Morgan fingerprint density at radius 2 is 2.25 bits per heavy atom. The highest BCUT2D eigenvalue weighted by molar-refractivity contribution is 7.07. The van der Waals surface area contributed by atoms with E-state index in [2.05, 4.69) is 34.6 Å². The van der Waals surface area contributed by atoms with Crippen LogP contribution in [-0.4, -0.2) is 14.8 Å². The van der Waals surface area contributed by atoms with Crippen molar-refractivity contribution in [1.29, 1.82) is 0 Å². The Balaban J connectivity index is 2.12. The van der Waals surface area contributed by atoms with E-state index < -0.39 is 0 Å². The molecule has 86 valence electrons. The monoisotopic (exact) mass is 236 g/mol. The third-order valence-electron chi connectivity index (χ3n) is 2.61. The standard InChI is InChI=1S/C11H16N4S/c1-4-15-9(3)11(8(2)14-15)12-5-10-6-16-7-13-10/h6-7,12H,4-5H2,1-3H3. The van der Waals surface area contributed by atoms with Crippen molar-refractivity contribution in [2.24, 2.45) is 0 Å². The lowest BCUT2D eigenvalue weighted by Gasteiger charge is -2.05. The van der Waals surface area contributed by atoms with Gasteiger partial charge in [0.05, 0.1) is 34.8 Å². The van der Waals surface area contributed by atoms with Crippen molar-refractivity contribution in [2.75, 3.05) is 5.32 Å². The van der Waals surface area contributed by atoms with Gasteiger partial charge < -0.3 is 5.32 Å². The number of hydrogen-bond acceptors (Lipinski definition) is 4. The summed E-state index contributed by atoms with van der Waals surface area (Å²) in [5, 5.41) is 9.92. The molecule has 1 N–H and O–H groups in total. The first-order valence-electron chi connectivity index (χ1n) is 5.37. The SMILES string of the molecule is CCn1nc(C)c(NCc2cscn2)c1C. The average molecular weight is 236 g/mol. The summed E-state index contributed by atoms with van der Waals surface area (Å²) in [5.41, 5.74) is 6.30. The van der Waals surface area contributed by atoms with Gasteiger partial charge >= 0.3 is 0 Å². The summed E-state index contributed by atoms with van der Waals surface area (Å²) in [6.45, 7) is 7.89. The molecule has 0 saturated carbocycles. The van der Waals surface area contributed by atoms with E-state index in [4.69, 9.17) is 0 Å². The van der Waals surface area contributed by atoms with Gasteiger partial charge in [-0.25, -0.2) is 4.98 Å². The summed E-state index contributed by atoms with van der Waals surface area (Å²) in [7, 11) is 0. The molecule has 2 rings (SSSR count). The van der Waals surface area contributed by atoms with E-state index >= 15 is 0 Å². The molecule has 2 heterocycles. The summed E-state index contributed by atoms with van der Waals surface area (Å²) in [5.74, 6) is 0. The fraction of sp³-hybridized carbons (Fsp3) is 0.455. The Labute approximate surface area is 99.3 Å². The second kappa shape index (κ2) is 4.65. The number of thiazole rings is 1. The number of anilines is 1. The lowest BCUT2D eigenvalue weighted by molar-refractivity contribution is 0.634. The molecule has 4 nitrogen and oxygen atoms in total. The van der Waals surface area contributed by atoms with Crippen LogP contribution in [0.3, 0.4) is 0 Å². The van der Waals surface area contributed by atoms with Gasteiger partial charge in [0, 0.05) is 11.9 Å². The Morgan fingerprint density at radius 1 is 1.44 bits per heavy atom. The smallest absolute Gasteiger partial charge is 0.0828 e. The molecule has 0 aromatic carbocycles. The van der Waals surface area contributed by atoms with E-state index in [0.29, 0.717) is 0 Å². The zero-order valence-corrected chi connectivity index (χ0v) is 10.6. The van der Waals surface area contributed by atoms with Crippen molar-refractivity contribution in [3.05, 3.63) is 28.0 Å². The molecule has 0 saturated heterocycles. The van der Waals surface area contributed by atoms with Crippen molar-refractivity contribution in [3.63, 3.8) is 0 Å². The molecule has 0 fully saturated rings. The quantitative estimate of drug-likeness (QED) is 0.887. The van der Waals surface area contributed by atoms with E-state index in [0.717, 1.165) is 30.2 Å². The van der Waals surface area contributed by atoms with E-state index in [-0.39, 0.29) is 0 Å². The largest absolute Gasteiger partial charge is 0.376 e. The fourth-order valence-corrected chi connectivity index (χ4v) is 2.32. The topological polar surface area (TPSA) is 42.7 Å². The Morgan fingerprint density at radius 3 is 2.81 bits per heavy atom. The lowest BCUT2D eigenvalue weighted by Crippen LogP contribution is -2.03. The molecular weight excluding hydrogens is 220 g/mol. The van der Waals surface area contributed by atoms with Crippen molar-refractivity contribution in [3.8, 4) is 0 Å². The summed E-state index contributed by atoms with van der Waals surface area (Å²) in [6.07, 6.45) is 0. The van der Waals surface area contributed by atoms with Gasteiger partial charge in [0.1, 0.15) is 0 Å². The molecule has 0 amide bonds. The van der Waals surface area contributed by atoms with Gasteiger partial charge in [0.15, 0.2) is 0 Å². The normalized spacial score (nSPS) is 10.7. The third-order valence-corrected chi connectivity index (χ3v) is 3.25. The number of nitrogens with one attached hydrogen (secondary N) is 1. The van der Waals surface area contributed by atoms with Crippen molar-refractivity contribution < 1.29 is 0 Å². The van der Waals surface area contributed by atoms with Gasteiger partial charge in [0.2, 0.25) is 0 Å². The maximum Gasteiger partial charge on any atom is 0.0828 e. The van der Waals surface area contributed by atoms with Gasteiger partial charge in [-0.15, -0.1) is 11.3 Å². The van der Waals surface area contributed by atoms with Gasteiger partial charge in [-0.2, -0.15) is 5.10 Å². The first kappa shape index (κ1) is 11.1. The Kier molecular flexibility index (Phi) is 3.24. The van der Waals surface area contributed by atoms with Crippen LogP contribution in [0.1, 0.15) is 24.0 Å². The molecule has 0 atom stereocenters. The Bertz CT molecular complexity index is 459. The predicted molar refractivity (Wildman–Crippen MR) is 66.8 cm³/mol. The lowest BCUT2D eigenvalue weighted by atomic mass is 10.3. The van der Waals surface area contributed by atoms with E-state index in [1.807, 2.05) is 17.1 Å². The fourth-order valence-electron chi connectivity index (χ4n) is 1.76. The van der Waals surface area contributed by atoms with Gasteiger partial charge in [-0.05, 0) is 20.8 Å². The molecule has 0 unspecified atom stereocenters. The minimum Gasteiger partial charge on any atom is -0.376 e. The minimum atomic E-state index is 0.764. The summed E-state index contributed by atoms with van der Waals surface area (Å²) < 4.78 is 2.01. The molecule has 0 spiro atoms. The van der Waals surface area contributed by atoms with Crippen LogP contribution in [0, 0.1) is 13.8 Å². The molecule has 16 heavy (non-hydrogen) atoms. The van der Waals surface area contributed by atoms with E-state index in [1.165, 1.54) is 5.69 Å². The first-order chi connectivity index (χ1) is 7.72. The first-order valence-corrected chi connectivity index (χ1v) is 6.31. The minimum absolute atomic E-state index is 0.764. The van der Waals surface area contributed by atoms with Crippen LogP contribution in [0.25, 0.3) is 0 Å². The van der Waals surface area contributed by atoms with E-state index in [1.54, 1.807) is 11.3 Å². The highest BCUT2D eigenvalue weighted by atomic mass is 32.1. The van der Waals surface area contributed by atoms with Crippen LogP contribution < -0.4 is 5.32 Å². The maximum atomic E-state index is 4.46. The van der Waals surface area contributed by atoms with Gasteiger partial charge in [0.25, 0.3) is 0 Å². The molecule has 2 aromatic rings. The summed E-state index contributed by atoms with van der Waals surface area (Å²) >= 11 is 1.62. The predicted octanol–water partition coefficient (Wildman–Crippen LogP) is 2.59. The molecular formula is C11H16N4S. The maximum absolute atomic E-state index is 4.46. The zero-order valence-electron chi connectivity index (χ0n) is 9.82. The number of hydrogen-bond donors (Lipinski definition) is 1. The number of aryl methyl sites for hydroxylation is 2. The van der Waals surface area contributed by atoms with Crippen LogP contribution in [-0.2, 0) is 13.1 Å². The molecule has 0 aliphatic carbocycles. The van der Waals surface area contributed by atoms with Crippen LogP contribution >= 0.6 is 11.3 Å². The average Bonchev–Trinajstić information content (AvgIpc) is 2.86. The summed E-state index contributed by atoms with van der Waals surface area (Å²) in [4.78, 5) is 4.25. The molecule has 0 bridgehead atoms. The second-order valence-electron chi connectivity index (χ2n) is 3.69. The van der Waals surface area contributed by atoms with E-state index in [9.17, 15) is 0 Å². The van der Waals surface area contributed by atoms with Crippen LogP contribution in [0.15, 0.2) is 10.9 Å². The molecule has 2 aromatic heterocycles. The number of rotatable bonds is 4. The number of aromatic nitrogens is 3. The summed E-state index contributed by atoms with van der Waals surface area (Å²) in [6, 6.07) is 0. The van der Waals surface area contributed by atoms with Gasteiger partial charge in [-0.1, -0.05) is 0 Å². The molecule has 0 aliphatic rings. The highest BCUT2D eigenvalue weighted by Gasteiger charge is 2.09. The van der Waals surface area contributed by atoms with Crippen molar-refractivity contribution >= 4 is 17.0 Å². The molecule has 0 radical (unpaired) electrons. The van der Waals surface area contributed by atoms with Crippen molar-refractivity contribution in [1.82, 2.24) is 14.8 Å². The van der Waals surface area contributed by atoms with Crippen molar-refractivity contribution in [2.45, 2.75) is 33.9 Å². The number of nitrogens with zero attached hydrogens (tertiary/aromatic N) is 3. The second-order valence-corrected chi connectivity index (χ2v) is 4.41. The van der Waals surface area contributed by atoms with Crippen LogP contribution in [0.5, 0.6) is 0 Å².